The first kappa shape index (κ1) is 58.1. The highest BCUT2D eigenvalue weighted by atomic mass is 16.8. The molecular weight excluding hydrogens is 989 g/mol. The van der Waals surface area contributed by atoms with E-state index in [-0.39, 0.29) is 52.6 Å². The van der Waals surface area contributed by atoms with Crippen LogP contribution in [-0.2, 0) is 42.7 Å². The molecule has 4 heterocycles. The zero-order valence-corrected chi connectivity index (χ0v) is 44.2. The molecule has 3 unspecified atom stereocenters. The third-order valence-corrected chi connectivity index (χ3v) is 21.1. The SMILES string of the molecule is C[C@@H]1O[C@@H](O[C@H]2[C@H](O[C@H]3CC[C@@]4(C)C(CC[C@]5(C)C4CC=C4C6CC(C)(C)CC[C@]6(C(=O)O[C@@H]6O[C@H](CO[C@@H]7O[C@H](CO)[C@@H](O)[C@H](O)[C@H]7O)[C@@H](O)[C@H](O)[C@H]6O)CC[C@]45C)[C@]3(C)CO)OC[C@H](O)[C@@H]2O)[C@H](O)[C@H](O)[C@H]1O. The first-order chi connectivity index (χ1) is 35.1. The minimum absolute atomic E-state index is 0.0432. The van der Waals surface area contributed by atoms with E-state index in [0.29, 0.717) is 38.5 Å². The molecule has 13 N–H and O–H groups in total. The maximum atomic E-state index is 15.1. The summed E-state index contributed by atoms with van der Waals surface area (Å²) < 4.78 is 47.6. The third-order valence-electron chi connectivity index (χ3n) is 21.1. The Kier molecular flexibility index (Phi) is 16.3. The van der Waals surface area contributed by atoms with Gasteiger partial charge in [0.15, 0.2) is 18.9 Å². The molecule has 4 saturated heterocycles. The summed E-state index contributed by atoms with van der Waals surface area (Å²) in [6.45, 7) is 13.2. The van der Waals surface area contributed by atoms with Crippen molar-refractivity contribution in [2.45, 2.75) is 235 Å². The van der Waals surface area contributed by atoms with Crippen molar-refractivity contribution in [3.63, 3.8) is 0 Å². The van der Waals surface area contributed by atoms with Gasteiger partial charge in [0.05, 0.1) is 44.1 Å². The third kappa shape index (κ3) is 9.50. The Morgan fingerprint density at radius 2 is 1.27 bits per heavy atom. The van der Waals surface area contributed by atoms with Crippen molar-refractivity contribution in [1.29, 1.82) is 0 Å². The molecule has 75 heavy (non-hydrogen) atoms. The molecule has 8 fully saturated rings. The highest BCUT2D eigenvalue weighted by Crippen LogP contribution is 2.76. The molecule has 0 amide bonds. The van der Waals surface area contributed by atoms with Crippen molar-refractivity contribution in [2.75, 3.05) is 26.4 Å². The van der Waals surface area contributed by atoms with Crippen molar-refractivity contribution >= 4 is 5.97 Å². The lowest BCUT2D eigenvalue weighted by Gasteiger charge is -2.71. The fraction of sp³-hybridized carbons (Fsp3) is 0.943. The Bertz CT molecular complexity index is 2060. The molecule has 0 spiro atoms. The molecule has 22 nitrogen and oxygen atoms in total. The quantitative estimate of drug-likeness (QED) is 0.0643. The van der Waals surface area contributed by atoms with Crippen LogP contribution in [0.1, 0.15) is 113 Å². The Labute approximate surface area is 437 Å². The molecule has 4 saturated carbocycles. The number of carbonyl (C=O) groups is 1. The second-order valence-corrected chi connectivity index (χ2v) is 25.7. The second-order valence-electron chi connectivity index (χ2n) is 25.7. The molecule has 0 aromatic carbocycles. The summed E-state index contributed by atoms with van der Waals surface area (Å²) in [4.78, 5) is 15.1. The van der Waals surface area contributed by atoms with E-state index in [2.05, 4.69) is 40.7 Å². The number of hydrogen-bond acceptors (Lipinski definition) is 22. The van der Waals surface area contributed by atoms with E-state index < -0.39 is 153 Å². The van der Waals surface area contributed by atoms with Gasteiger partial charge in [-0.2, -0.15) is 0 Å². The minimum Gasteiger partial charge on any atom is -0.432 e. The average Bonchev–Trinajstić information content (AvgIpc) is 3.37. The monoisotopic (exact) mass is 1070 g/mol. The number of esters is 1. The molecule has 9 rings (SSSR count). The first-order valence-corrected chi connectivity index (χ1v) is 27.3. The predicted molar refractivity (Wildman–Crippen MR) is 257 cm³/mol. The topological polar surface area (TPSA) is 354 Å². The van der Waals surface area contributed by atoms with Crippen molar-refractivity contribution in [2.24, 2.45) is 50.2 Å². The molecule has 0 aromatic rings. The van der Waals surface area contributed by atoms with Gasteiger partial charge in [-0.25, -0.2) is 0 Å². The molecule has 9 aliphatic rings. The molecule has 28 atom stereocenters. The fourth-order valence-corrected chi connectivity index (χ4v) is 16.1. The smallest absolute Gasteiger partial charge is 0.315 e. The number of rotatable bonds is 11. The van der Waals surface area contributed by atoms with Gasteiger partial charge in [-0.15, -0.1) is 0 Å². The lowest BCUT2D eigenvalue weighted by Crippen LogP contribution is -2.67. The number of fused-ring (bicyclic) bond motifs is 7. The van der Waals surface area contributed by atoms with Crippen LogP contribution in [-0.4, -0.2) is 222 Å². The number of carbonyl (C=O) groups excluding carboxylic acids is 1. The minimum atomic E-state index is -1.84. The van der Waals surface area contributed by atoms with Crippen LogP contribution in [0.25, 0.3) is 0 Å². The largest absolute Gasteiger partial charge is 0.432 e. The fourth-order valence-electron chi connectivity index (χ4n) is 16.1. The normalized spacial score (nSPS) is 54.8. The number of allylic oxidation sites excluding steroid dienone is 2. The Hall–Kier alpha value is -1.59. The van der Waals surface area contributed by atoms with Gasteiger partial charge >= 0.3 is 5.97 Å². The maximum Gasteiger partial charge on any atom is 0.315 e. The first-order valence-electron chi connectivity index (χ1n) is 27.3. The van der Waals surface area contributed by atoms with E-state index in [1.165, 1.54) is 12.5 Å². The van der Waals surface area contributed by atoms with Crippen LogP contribution in [0.4, 0.5) is 0 Å². The Morgan fingerprint density at radius 1 is 0.640 bits per heavy atom. The van der Waals surface area contributed by atoms with E-state index in [4.69, 9.17) is 37.9 Å². The zero-order chi connectivity index (χ0) is 54.7. The number of aliphatic hydroxyl groups excluding tert-OH is 13. The van der Waals surface area contributed by atoms with E-state index in [9.17, 15) is 66.4 Å². The van der Waals surface area contributed by atoms with Gasteiger partial charge in [-0.05, 0) is 111 Å². The van der Waals surface area contributed by atoms with Gasteiger partial charge in [0.25, 0.3) is 0 Å². The molecule has 430 valence electrons. The standard InChI is InChI=1S/C53H86O22/c1-23-32(57)36(61)40(65)44(70-23)74-42-33(58)26(56)20-68-46(42)73-31-11-12-49(4)29(50(31,5)22-55)10-13-52(7)30(49)9-8-24-25-18-48(2,3)14-16-53(25,17-15-51(24,52)6)47(67)75-45-41(66)38(63)35(60)28(72-45)21-69-43-39(64)37(62)34(59)27(19-54)71-43/h8,23,25-46,54-66H,9-22H2,1-7H3/t23-,25?,26-,27+,28+,29?,30?,31-,32-,33-,34+,35+,36+,37-,38-,39+,40+,41+,42+,43+,44-,45-,46-,49-,50-,51+,52+,53-/m0/s1. The van der Waals surface area contributed by atoms with E-state index >= 15 is 4.79 Å². The van der Waals surface area contributed by atoms with Gasteiger partial charge in [0, 0.05) is 5.41 Å². The van der Waals surface area contributed by atoms with Crippen LogP contribution in [0.2, 0.25) is 0 Å². The highest BCUT2D eigenvalue weighted by molar-refractivity contribution is 5.79. The lowest BCUT2D eigenvalue weighted by molar-refractivity contribution is -0.365. The van der Waals surface area contributed by atoms with Gasteiger partial charge < -0.3 is 104 Å². The lowest BCUT2D eigenvalue weighted by atomic mass is 9.33. The van der Waals surface area contributed by atoms with Crippen LogP contribution in [0.15, 0.2) is 11.6 Å². The molecule has 22 heteroatoms. The number of ether oxygens (including phenoxy) is 8. The summed E-state index contributed by atoms with van der Waals surface area (Å²) in [7, 11) is 0. The highest BCUT2D eigenvalue weighted by Gasteiger charge is 2.71. The molecular formula is C53H86O22. The Balaban J connectivity index is 0.931. The van der Waals surface area contributed by atoms with Crippen molar-refractivity contribution in [1.82, 2.24) is 0 Å². The van der Waals surface area contributed by atoms with Gasteiger partial charge in [0.2, 0.25) is 6.29 Å². The summed E-state index contributed by atoms with van der Waals surface area (Å²) in [6, 6.07) is 0. The van der Waals surface area contributed by atoms with Crippen molar-refractivity contribution in [3.05, 3.63) is 11.6 Å². The van der Waals surface area contributed by atoms with Gasteiger partial charge in [-0.1, -0.05) is 53.2 Å². The maximum absolute atomic E-state index is 15.1. The van der Waals surface area contributed by atoms with Crippen molar-refractivity contribution in [3.8, 4) is 0 Å². The number of aliphatic hydroxyl groups is 13. The summed E-state index contributed by atoms with van der Waals surface area (Å²) in [6.07, 6.45) is -20.8. The van der Waals surface area contributed by atoms with Crippen molar-refractivity contribution < 1.29 is 109 Å². The summed E-state index contributed by atoms with van der Waals surface area (Å²) in [5.41, 5.74) is -1.70. The van der Waals surface area contributed by atoms with Gasteiger partial charge in [0.1, 0.15) is 85.5 Å². The molecule has 0 aromatic heterocycles. The predicted octanol–water partition coefficient (Wildman–Crippen LogP) is -1.40. The van der Waals surface area contributed by atoms with E-state index in [1.807, 2.05) is 6.92 Å². The van der Waals surface area contributed by atoms with E-state index in [1.54, 1.807) is 0 Å². The summed E-state index contributed by atoms with van der Waals surface area (Å²) >= 11 is 0. The van der Waals surface area contributed by atoms with Crippen LogP contribution in [0, 0.1) is 50.2 Å². The molecule has 5 aliphatic carbocycles. The van der Waals surface area contributed by atoms with Crippen LogP contribution >= 0.6 is 0 Å². The Morgan fingerprint density at radius 3 is 1.95 bits per heavy atom. The zero-order valence-electron chi connectivity index (χ0n) is 44.2. The number of hydrogen-bond donors (Lipinski definition) is 13. The van der Waals surface area contributed by atoms with Gasteiger partial charge in [-0.3, -0.25) is 4.79 Å². The van der Waals surface area contributed by atoms with E-state index in [0.717, 1.165) is 25.7 Å². The molecule has 0 bridgehead atoms. The van der Waals surface area contributed by atoms with Crippen LogP contribution < -0.4 is 0 Å². The summed E-state index contributed by atoms with van der Waals surface area (Å²) in [5, 5.41) is 139. The second kappa shape index (κ2) is 21.1. The molecule has 0 radical (unpaired) electrons. The van der Waals surface area contributed by atoms with Crippen LogP contribution in [0.5, 0.6) is 0 Å². The average molecular weight is 1080 g/mol. The molecule has 4 aliphatic heterocycles. The van der Waals surface area contributed by atoms with Crippen LogP contribution in [0.3, 0.4) is 0 Å². The summed E-state index contributed by atoms with van der Waals surface area (Å²) in [5.74, 6) is -0.732.